The molecule has 29 heavy (non-hydrogen) atoms. The predicted octanol–water partition coefficient (Wildman–Crippen LogP) is 2.49. The van der Waals surface area contributed by atoms with Gasteiger partial charge in [-0.1, -0.05) is 18.2 Å². The Bertz CT molecular complexity index is 1000. The molecule has 4 rings (SSSR count). The molecule has 1 saturated heterocycles. The molecule has 1 atom stereocenters. The lowest BCUT2D eigenvalue weighted by atomic mass is 10.1. The van der Waals surface area contributed by atoms with Gasteiger partial charge in [-0.05, 0) is 18.2 Å². The van der Waals surface area contributed by atoms with Gasteiger partial charge in [-0.2, -0.15) is 0 Å². The van der Waals surface area contributed by atoms with Crippen LogP contribution in [0.1, 0.15) is 11.7 Å². The molecule has 0 radical (unpaired) electrons. The van der Waals surface area contributed by atoms with Crippen LogP contribution in [-0.4, -0.2) is 47.7 Å². The molecule has 0 aliphatic carbocycles. The summed E-state index contributed by atoms with van der Waals surface area (Å²) in [5.41, 5.74) is 8.92. The smallest absolute Gasteiger partial charge is 0.269 e. The summed E-state index contributed by atoms with van der Waals surface area (Å²) in [7, 11) is 0. The van der Waals surface area contributed by atoms with E-state index in [-0.39, 0.29) is 11.7 Å². The average Bonchev–Trinajstić information content (AvgIpc) is 2.77. The van der Waals surface area contributed by atoms with Gasteiger partial charge in [0.1, 0.15) is 0 Å². The van der Waals surface area contributed by atoms with Gasteiger partial charge in [0.15, 0.2) is 0 Å². The summed E-state index contributed by atoms with van der Waals surface area (Å²) in [6.45, 7) is 3.22. The van der Waals surface area contributed by atoms with E-state index < -0.39 is 4.92 Å². The van der Waals surface area contributed by atoms with E-state index in [0.29, 0.717) is 25.7 Å². The molecule has 1 fully saturated rings. The SMILES string of the molecule is NC(CNc1ccc([N+](=O)[O-])cc1)c1nc(N2CCOCC2)nc2ccccc12. The van der Waals surface area contributed by atoms with Gasteiger partial charge in [0, 0.05) is 42.8 Å². The van der Waals surface area contributed by atoms with Crippen molar-refractivity contribution >= 4 is 28.2 Å². The third-order valence-electron chi connectivity index (χ3n) is 4.87. The van der Waals surface area contributed by atoms with Crippen LogP contribution in [0.3, 0.4) is 0 Å². The van der Waals surface area contributed by atoms with Crippen LogP contribution in [-0.2, 0) is 4.74 Å². The number of non-ortho nitro benzene ring substituents is 1. The van der Waals surface area contributed by atoms with Crippen LogP contribution in [0.25, 0.3) is 10.9 Å². The molecule has 150 valence electrons. The Balaban J connectivity index is 1.57. The molecule has 0 amide bonds. The van der Waals surface area contributed by atoms with Crippen LogP contribution >= 0.6 is 0 Å². The van der Waals surface area contributed by atoms with Gasteiger partial charge >= 0.3 is 0 Å². The first-order valence-electron chi connectivity index (χ1n) is 9.45. The summed E-state index contributed by atoms with van der Waals surface area (Å²) in [5.74, 6) is 0.660. The first-order chi connectivity index (χ1) is 14.1. The fourth-order valence-electron chi connectivity index (χ4n) is 3.30. The third kappa shape index (κ3) is 4.25. The molecular weight excluding hydrogens is 372 g/mol. The first kappa shape index (κ1) is 19.0. The number of nitrogens with zero attached hydrogens (tertiary/aromatic N) is 4. The Morgan fingerprint density at radius 1 is 1.14 bits per heavy atom. The minimum Gasteiger partial charge on any atom is -0.383 e. The van der Waals surface area contributed by atoms with Crippen LogP contribution in [0.15, 0.2) is 48.5 Å². The molecule has 9 nitrogen and oxygen atoms in total. The number of nitro groups is 1. The van der Waals surface area contributed by atoms with E-state index in [1.54, 1.807) is 12.1 Å². The van der Waals surface area contributed by atoms with Gasteiger partial charge < -0.3 is 20.7 Å². The van der Waals surface area contributed by atoms with Gasteiger partial charge in [0.2, 0.25) is 5.95 Å². The van der Waals surface area contributed by atoms with Crippen LogP contribution in [0.2, 0.25) is 0 Å². The minimum absolute atomic E-state index is 0.0526. The average molecular weight is 394 g/mol. The van der Waals surface area contributed by atoms with Crippen molar-refractivity contribution in [1.29, 1.82) is 0 Å². The van der Waals surface area contributed by atoms with Crippen LogP contribution in [0.4, 0.5) is 17.3 Å². The Morgan fingerprint density at radius 2 is 1.86 bits per heavy atom. The summed E-state index contributed by atoms with van der Waals surface area (Å²) in [6.07, 6.45) is 0. The number of para-hydroxylation sites is 1. The van der Waals surface area contributed by atoms with Crippen molar-refractivity contribution in [2.45, 2.75) is 6.04 Å². The highest BCUT2D eigenvalue weighted by molar-refractivity contribution is 5.82. The lowest BCUT2D eigenvalue weighted by Gasteiger charge is -2.28. The number of nitrogens with one attached hydrogen (secondary N) is 1. The number of anilines is 2. The van der Waals surface area contributed by atoms with Crippen molar-refractivity contribution in [1.82, 2.24) is 9.97 Å². The molecule has 9 heteroatoms. The number of fused-ring (bicyclic) bond motifs is 1. The first-order valence-corrected chi connectivity index (χ1v) is 9.45. The maximum absolute atomic E-state index is 10.8. The zero-order valence-corrected chi connectivity index (χ0v) is 15.8. The summed E-state index contributed by atoms with van der Waals surface area (Å²) in [6, 6.07) is 13.7. The zero-order chi connectivity index (χ0) is 20.2. The molecule has 0 saturated carbocycles. The van der Waals surface area contributed by atoms with Crippen LogP contribution in [0, 0.1) is 10.1 Å². The summed E-state index contributed by atoms with van der Waals surface area (Å²) >= 11 is 0. The Hall–Kier alpha value is -3.30. The van der Waals surface area contributed by atoms with E-state index >= 15 is 0 Å². The second-order valence-electron chi connectivity index (χ2n) is 6.82. The normalized spacial score (nSPS) is 15.3. The predicted molar refractivity (Wildman–Crippen MR) is 111 cm³/mol. The number of rotatable bonds is 6. The van der Waals surface area contributed by atoms with Crippen molar-refractivity contribution < 1.29 is 9.66 Å². The number of ether oxygens (including phenoxy) is 1. The van der Waals surface area contributed by atoms with Gasteiger partial charge in [0.05, 0.1) is 35.4 Å². The van der Waals surface area contributed by atoms with E-state index in [1.165, 1.54) is 12.1 Å². The monoisotopic (exact) mass is 394 g/mol. The molecule has 2 heterocycles. The molecule has 0 bridgehead atoms. The number of aromatic nitrogens is 2. The number of benzene rings is 2. The van der Waals surface area contributed by atoms with E-state index in [0.717, 1.165) is 35.4 Å². The molecule has 2 aromatic carbocycles. The molecule has 0 spiro atoms. The number of hydrogen-bond acceptors (Lipinski definition) is 8. The van der Waals surface area contributed by atoms with Crippen LogP contribution in [0.5, 0.6) is 0 Å². The van der Waals surface area contributed by atoms with Gasteiger partial charge in [0.25, 0.3) is 5.69 Å². The second kappa shape index (κ2) is 8.38. The lowest BCUT2D eigenvalue weighted by Crippen LogP contribution is -2.37. The van der Waals surface area contributed by atoms with Crippen LogP contribution < -0.4 is 16.0 Å². The number of hydrogen-bond donors (Lipinski definition) is 2. The fraction of sp³-hybridized carbons (Fsp3) is 0.300. The summed E-state index contributed by atoms with van der Waals surface area (Å²) < 4.78 is 5.42. The topological polar surface area (TPSA) is 119 Å². The van der Waals surface area contributed by atoms with Crippen molar-refractivity contribution in [2.24, 2.45) is 5.73 Å². The fourth-order valence-corrected chi connectivity index (χ4v) is 3.30. The lowest BCUT2D eigenvalue weighted by molar-refractivity contribution is -0.384. The Labute approximate surface area is 167 Å². The van der Waals surface area contributed by atoms with Gasteiger partial charge in [-0.15, -0.1) is 0 Å². The second-order valence-corrected chi connectivity index (χ2v) is 6.82. The molecular formula is C20H22N6O3. The molecule has 3 aromatic rings. The highest BCUT2D eigenvalue weighted by Crippen LogP contribution is 2.24. The van der Waals surface area contributed by atoms with E-state index in [2.05, 4.69) is 10.2 Å². The zero-order valence-electron chi connectivity index (χ0n) is 15.8. The van der Waals surface area contributed by atoms with E-state index in [9.17, 15) is 10.1 Å². The molecule has 1 aromatic heterocycles. The molecule has 1 aliphatic heterocycles. The largest absolute Gasteiger partial charge is 0.383 e. The minimum atomic E-state index is -0.421. The Morgan fingerprint density at radius 3 is 2.59 bits per heavy atom. The number of nitro benzene ring substituents is 1. The highest BCUT2D eigenvalue weighted by atomic mass is 16.6. The molecule has 3 N–H and O–H groups in total. The third-order valence-corrected chi connectivity index (χ3v) is 4.87. The maximum Gasteiger partial charge on any atom is 0.269 e. The quantitative estimate of drug-likeness (QED) is 0.483. The van der Waals surface area contributed by atoms with Gasteiger partial charge in [-0.3, -0.25) is 10.1 Å². The maximum atomic E-state index is 10.8. The van der Waals surface area contributed by atoms with E-state index in [4.69, 9.17) is 20.4 Å². The van der Waals surface area contributed by atoms with Gasteiger partial charge in [-0.25, -0.2) is 9.97 Å². The van der Waals surface area contributed by atoms with Crippen molar-refractivity contribution in [3.63, 3.8) is 0 Å². The number of nitrogens with two attached hydrogens (primary N) is 1. The Kier molecular flexibility index (Phi) is 5.50. The standard InChI is InChI=1S/C20H22N6O3/c21-17(13-22-14-5-7-15(8-6-14)26(27)28)19-16-3-1-2-4-18(16)23-20(24-19)25-9-11-29-12-10-25/h1-8,17,22H,9-13,21H2. The summed E-state index contributed by atoms with van der Waals surface area (Å²) in [4.78, 5) is 22.0. The summed E-state index contributed by atoms with van der Waals surface area (Å²) in [5, 5.41) is 14.9. The van der Waals surface area contributed by atoms with Crippen molar-refractivity contribution in [2.75, 3.05) is 43.1 Å². The highest BCUT2D eigenvalue weighted by Gasteiger charge is 2.19. The number of morpholine rings is 1. The van der Waals surface area contributed by atoms with Crippen molar-refractivity contribution in [3.8, 4) is 0 Å². The molecule has 1 unspecified atom stereocenters. The van der Waals surface area contributed by atoms with Crippen molar-refractivity contribution in [3.05, 3.63) is 64.3 Å². The molecule has 1 aliphatic rings. The van der Waals surface area contributed by atoms with E-state index in [1.807, 2.05) is 24.3 Å².